The minimum absolute atomic E-state index is 0.0153. The van der Waals surface area contributed by atoms with E-state index in [4.69, 9.17) is 9.57 Å². The quantitative estimate of drug-likeness (QED) is 0.355. The van der Waals surface area contributed by atoms with Gasteiger partial charge in [-0.3, -0.25) is 24.5 Å². The van der Waals surface area contributed by atoms with E-state index in [0.29, 0.717) is 5.56 Å². The third kappa shape index (κ3) is 2.07. The van der Waals surface area contributed by atoms with Gasteiger partial charge in [-0.2, -0.15) is 5.06 Å². The van der Waals surface area contributed by atoms with E-state index in [2.05, 4.69) is 0 Å². The number of nitro groups is 1. The fourth-order valence-corrected chi connectivity index (χ4v) is 3.26. The minimum atomic E-state index is -0.505. The highest BCUT2D eigenvalue weighted by molar-refractivity contribution is 6.05. The fraction of sp³-hybridized carbons (Fsp3) is 0.333. The Labute approximate surface area is 130 Å². The largest absolute Gasteiger partial charge is 0.365 e. The summed E-state index contributed by atoms with van der Waals surface area (Å²) in [5, 5.41) is 11.4. The molecule has 2 amide bonds. The van der Waals surface area contributed by atoms with Crippen LogP contribution in [0.3, 0.4) is 0 Å². The summed E-state index contributed by atoms with van der Waals surface area (Å²) in [5.41, 5.74) is 0.599. The lowest BCUT2D eigenvalue weighted by Gasteiger charge is -2.16. The molecule has 0 N–H and O–H groups in total. The summed E-state index contributed by atoms with van der Waals surface area (Å²) in [6.45, 7) is -0.0153. The molecular weight excluding hydrogens is 304 g/mol. The highest BCUT2D eigenvalue weighted by Crippen LogP contribution is 2.45. The first-order valence-electron chi connectivity index (χ1n) is 7.14. The van der Waals surface area contributed by atoms with Crippen molar-refractivity contribution < 1.29 is 24.1 Å². The van der Waals surface area contributed by atoms with Gasteiger partial charge >= 0.3 is 0 Å². The molecule has 0 aromatic heterocycles. The number of rotatable bonds is 4. The Bertz CT molecular complexity index is 698. The first kappa shape index (κ1) is 14.0. The van der Waals surface area contributed by atoms with Crippen LogP contribution >= 0.6 is 0 Å². The zero-order chi connectivity index (χ0) is 16.1. The number of hydrogen-bond acceptors (Lipinski definition) is 6. The predicted octanol–water partition coefficient (Wildman–Crippen LogP) is 0.965. The fourth-order valence-electron chi connectivity index (χ4n) is 3.26. The Morgan fingerprint density at radius 1 is 1.09 bits per heavy atom. The Kier molecular flexibility index (Phi) is 3.03. The molecule has 0 aliphatic carbocycles. The van der Waals surface area contributed by atoms with Gasteiger partial charge in [0.1, 0.15) is 6.61 Å². The van der Waals surface area contributed by atoms with E-state index >= 15 is 0 Å². The highest BCUT2D eigenvalue weighted by atomic mass is 16.7. The van der Waals surface area contributed by atoms with Crippen molar-refractivity contribution in [1.29, 1.82) is 0 Å². The molecule has 8 nitrogen and oxygen atoms in total. The molecule has 2 saturated heterocycles. The Morgan fingerprint density at radius 2 is 1.65 bits per heavy atom. The molecule has 0 spiro atoms. The van der Waals surface area contributed by atoms with Crippen molar-refractivity contribution in [3.05, 3.63) is 52.1 Å². The van der Waals surface area contributed by atoms with Gasteiger partial charge in [-0.25, -0.2) is 0 Å². The summed E-state index contributed by atoms with van der Waals surface area (Å²) in [4.78, 5) is 40.1. The standard InChI is InChI=1S/C15H12N2O6/c18-14-12-10-5-6-11(23-10)13(12)15(19)16(14)22-7-8-1-3-9(4-2-8)17(20)21/h1-6,10-13H,7H2/t10-,11-,12-,13-/m0/s1. The zero-order valence-corrected chi connectivity index (χ0v) is 11.8. The van der Waals surface area contributed by atoms with Crippen LogP contribution in [0.1, 0.15) is 5.56 Å². The van der Waals surface area contributed by atoms with Crippen LogP contribution in [0.15, 0.2) is 36.4 Å². The van der Waals surface area contributed by atoms with Crippen LogP contribution in [-0.4, -0.2) is 34.0 Å². The number of non-ortho nitro benzene ring substituents is 1. The van der Waals surface area contributed by atoms with Crippen LogP contribution in [0.4, 0.5) is 5.69 Å². The van der Waals surface area contributed by atoms with E-state index in [0.717, 1.165) is 5.06 Å². The van der Waals surface area contributed by atoms with Crippen molar-refractivity contribution >= 4 is 17.5 Å². The average Bonchev–Trinajstić information content (AvgIpc) is 3.21. The second-order valence-electron chi connectivity index (χ2n) is 5.67. The lowest BCUT2D eigenvalue weighted by molar-refractivity contribution is -0.384. The molecule has 23 heavy (non-hydrogen) atoms. The molecule has 0 radical (unpaired) electrons. The monoisotopic (exact) mass is 316 g/mol. The van der Waals surface area contributed by atoms with E-state index in [1.807, 2.05) is 0 Å². The molecule has 1 aromatic rings. The number of amides is 2. The van der Waals surface area contributed by atoms with Crippen molar-refractivity contribution in [2.75, 3.05) is 0 Å². The van der Waals surface area contributed by atoms with E-state index < -0.39 is 28.6 Å². The van der Waals surface area contributed by atoms with Gasteiger partial charge in [0.2, 0.25) is 0 Å². The number of hydroxylamine groups is 2. The summed E-state index contributed by atoms with van der Waals surface area (Å²) >= 11 is 0. The van der Waals surface area contributed by atoms with Gasteiger partial charge in [-0.15, -0.1) is 0 Å². The van der Waals surface area contributed by atoms with Crippen molar-refractivity contribution in [2.24, 2.45) is 11.8 Å². The number of hydrogen-bond donors (Lipinski definition) is 0. The molecule has 4 atom stereocenters. The zero-order valence-electron chi connectivity index (χ0n) is 11.8. The minimum Gasteiger partial charge on any atom is -0.365 e. The molecule has 118 valence electrons. The van der Waals surface area contributed by atoms with Crippen LogP contribution in [-0.2, 0) is 25.8 Å². The van der Waals surface area contributed by atoms with E-state index in [1.54, 1.807) is 12.2 Å². The topological polar surface area (TPSA) is 99.0 Å². The van der Waals surface area contributed by atoms with Gasteiger partial charge < -0.3 is 4.74 Å². The molecule has 3 aliphatic heterocycles. The maximum absolute atomic E-state index is 12.3. The van der Waals surface area contributed by atoms with Gasteiger partial charge in [0.25, 0.3) is 17.5 Å². The average molecular weight is 316 g/mol. The molecule has 1 aromatic carbocycles. The number of ether oxygens (including phenoxy) is 1. The summed E-state index contributed by atoms with van der Waals surface area (Å²) in [6.07, 6.45) is 2.90. The van der Waals surface area contributed by atoms with Gasteiger partial charge in [-0.05, 0) is 17.7 Å². The lowest BCUT2D eigenvalue weighted by Crippen LogP contribution is -2.34. The predicted molar refractivity (Wildman–Crippen MR) is 74.5 cm³/mol. The number of imide groups is 1. The summed E-state index contributed by atoms with van der Waals surface area (Å²) in [7, 11) is 0. The normalized spacial score (nSPS) is 31.0. The van der Waals surface area contributed by atoms with Crippen LogP contribution in [0.5, 0.6) is 0 Å². The molecule has 0 unspecified atom stereocenters. The van der Waals surface area contributed by atoms with Gasteiger partial charge in [-0.1, -0.05) is 12.2 Å². The molecule has 0 saturated carbocycles. The van der Waals surface area contributed by atoms with Gasteiger partial charge in [0, 0.05) is 12.1 Å². The molecule has 3 heterocycles. The van der Waals surface area contributed by atoms with E-state index in [-0.39, 0.29) is 24.5 Å². The van der Waals surface area contributed by atoms with Crippen molar-refractivity contribution in [2.45, 2.75) is 18.8 Å². The third-order valence-corrected chi connectivity index (χ3v) is 4.38. The van der Waals surface area contributed by atoms with Gasteiger partial charge in [0.05, 0.1) is 29.0 Å². The smallest absolute Gasteiger partial charge is 0.269 e. The molecule has 2 fully saturated rings. The molecular formula is C15H12N2O6. The number of benzene rings is 1. The maximum Gasteiger partial charge on any atom is 0.269 e. The van der Waals surface area contributed by atoms with Crippen molar-refractivity contribution in [3.63, 3.8) is 0 Å². The van der Waals surface area contributed by atoms with E-state index in [1.165, 1.54) is 24.3 Å². The molecule has 4 rings (SSSR count). The summed E-state index contributed by atoms with van der Waals surface area (Å²) < 4.78 is 5.53. The maximum atomic E-state index is 12.3. The second-order valence-corrected chi connectivity index (χ2v) is 5.67. The van der Waals surface area contributed by atoms with Crippen LogP contribution in [0, 0.1) is 22.0 Å². The van der Waals surface area contributed by atoms with Crippen molar-refractivity contribution in [1.82, 2.24) is 5.06 Å². The van der Waals surface area contributed by atoms with Gasteiger partial charge in [0.15, 0.2) is 0 Å². The van der Waals surface area contributed by atoms with Crippen LogP contribution < -0.4 is 0 Å². The molecule has 3 aliphatic rings. The summed E-state index contributed by atoms with van der Waals surface area (Å²) in [6, 6.07) is 5.74. The Morgan fingerprint density at radius 3 is 2.17 bits per heavy atom. The Hall–Kier alpha value is -2.58. The first-order valence-corrected chi connectivity index (χ1v) is 7.14. The number of carbonyl (C=O) groups excluding carboxylic acids is 2. The van der Waals surface area contributed by atoms with Crippen LogP contribution in [0.25, 0.3) is 0 Å². The first-order chi connectivity index (χ1) is 11.1. The molecule has 2 bridgehead atoms. The number of nitrogens with zero attached hydrogens (tertiary/aromatic N) is 2. The number of carbonyl (C=O) groups is 2. The van der Waals surface area contributed by atoms with Crippen molar-refractivity contribution in [3.8, 4) is 0 Å². The number of nitro benzene ring substituents is 1. The third-order valence-electron chi connectivity index (χ3n) is 4.38. The number of fused-ring (bicyclic) bond motifs is 5. The highest BCUT2D eigenvalue weighted by Gasteiger charge is 2.61. The second kappa shape index (κ2) is 4.97. The SMILES string of the molecule is O=C1[C@@H]2[C@@H](C(=O)N1OCc1ccc([N+](=O)[O-])cc1)[C@@H]1C=C[C@@H]2O1. The molecule has 8 heteroatoms. The Balaban J connectivity index is 1.45. The van der Waals surface area contributed by atoms with E-state index in [9.17, 15) is 19.7 Å². The van der Waals surface area contributed by atoms with Crippen LogP contribution in [0.2, 0.25) is 0 Å². The lowest BCUT2D eigenvalue weighted by atomic mass is 9.85. The summed E-state index contributed by atoms with van der Waals surface area (Å²) in [5.74, 6) is -1.79.